The van der Waals surface area contributed by atoms with Crippen molar-refractivity contribution in [2.45, 2.75) is 26.3 Å². The SMILES string of the molecule is CCCc1nn(C(N)=O)cc1CN. The topological polar surface area (TPSA) is 86.9 Å². The van der Waals surface area contributed by atoms with Crippen LogP contribution in [0.4, 0.5) is 4.79 Å². The normalized spacial score (nSPS) is 10.3. The van der Waals surface area contributed by atoms with Crippen molar-refractivity contribution in [3.8, 4) is 0 Å². The van der Waals surface area contributed by atoms with Gasteiger partial charge in [-0.1, -0.05) is 13.3 Å². The number of hydrogen-bond donors (Lipinski definition) is 2. The van der Waals surface area contributed by atoms with Crippen LogP contribution in [0.3, 0.4) is 0 Å². The molecule has 0 saturated heterocycles. The number of nitrogens with zero attached hydrogens (tertiary/aromatic N) is 2. The fourth-order valence-electron chi connectivity index (χ4n) is 1.18. The molecule has 0 radical (unpaired) electrons. The van der Waals surface area contributed by atoms with E-state index in [4.69, 9.17) is 11.5 Å². The molecule has 0 unspecified atom stereocenters. The Morgan fingerprint density at radius 2 is 2.38 bits per heavy atom. The summed E-state index contributed by atoms with van der Waals surface area (Å²) in [4.78, 5) is 10.8. The number of aryl methyl sites for hydroxylation is 1. The Morgan fingerprint density at radius 1 is 1.69 bits per heavy atom. The Hall–Kier alpha value is -1.36. The average Bonchev–Trinajstić information content (AvgIpc) is 2.48. The fourth-order valence-corrected chi connectivity index (χ4v) is 1.18. The zero-order valence-corrected chi connectivity index (χ0v) is 7.66. The quantitative estimate of drug-likeness (QED) is 0.701. The molecule has 72 valence electrons. The van der Waals surface area contributed by atoms with Gasteiger partial charge in [-0.3, -0.25) is 0 Å². The van der Waals surface area contributed by atoms with Crippen molar-refractivity contribution in [2.75, 3.05) is 0 Å². The maximum absolute atomic E-state index is 10.8. The molecule has 5 heteroatoms. The molecule has 4 N–H and O–H groups in total. The first-order valence-corrected chi connectivity index (χ1v) is 4.26. The molecule has 1 heterocycles. The molecule has 1 aromatic rings. The van der Waals surface area contributed by atoms with E-state index in [0.717, 1.165) is 28.8 Å². The van der Waals surface area contributed by atoms with Crippen LogP contribution < -0.4 is 11.5 Å². The van der Waals surface area contributed by atoms with Gasteiger partial charge < -0.3 is 11.5 Å². The Kier molecular flexibility index (Phi) is 3.02. The second-order valence-corrected chi connectivity index (χ2v) is 2.84. The molecule has 0 atom stereocenters. The summed E-state index contributed by atoms with van der Waals surface area (Å²) in [5.74, 6) is 0. The summed E-state index contributed by atoms with van der Waals surface area (Å²) in [7, 11) is 0. The van der Waals surface area contributed by atoms with Crippen LogP contribution in [-0.4, -0.2) is 15.8 Å². The molecule has 1 rings (SSSR count). The summed E-state index contributed by atoms with van der Waals surface area (Å²) in [6, 6.07) is -0.572. The predicted octanol–water partition coefficient (Wildman–Crippen LogP) is 0.221. The Balaban J connectivity index is 2.96. The van der Waals surface area contributed by atoms with Crippen LogP contribution >= 0.6 is 0 Å². The van der Waals surface area contributed by atoms with Gasteiger partial charge in [0, 0.05) is 18.3 Å². The van der Waals surface area contributed by atoms with E-state index in [1.165, 1.54) is 0 Å². The summed E-state index contributed by atoms with van der Waals surface area (Å²) in [5.41, 5.74) is 12.3. The lowest BCUT2D eigenvalue weighted by Crippen LogP contribution is -2.20. The van der Waals surface area contributed by atoms with Crippen LogP contribution in [0, 0.1) is 0 Å². The molecule has 0 aliphatic carbocycles. The Morgan fingerprint density at radius 3 is 2.85 bits per heavy atom. The average molecular weight is 182 g/mol. The number of aromatic nitrogens is 2. The van der Waals surface area contributed by atoms with Crippen LogP contribution in [0.5, 0.6) is 0 Å². The van der Waals surface area contributed by atoms with Crippen molar-refractivity contribution in [2.24, 2.45) is 11.5 Å². The first-order valence-electron chi connectivity index (χ1n) is 4.26. The molecule has 0 saturated carbocycles. The van der Waals surface area contributed by atoms with Crippen LogP contribution in [0.2, 0.25) is 0 Å². The van der Waals surface area contributed by atoms with Crippen molar-refractivity contribution in [1.82, 2.24) is 9.78 Å². The van der Waals surface area contributed by atoms with Gasteiger partial charge in [0.15, 0.2) is 0 Å². The molecular formula is C8H14N4O. The fraction of sp³-hybridized carbons (Fsp3) is 0.500. The lowest BCUT2D eigenvalue weighted by Gasteiger charge is -1.94. The number of hydrogen-bond acceptors (Lipinski definition) is 3. The zero-order chi connectivity index (χ0) is 9.84. The number of nitrogens with two attached hydrogens (primary N) is 2. The minimum atomic E-state index is -0.572. The monoisotopic (exact) mass is 182 g/mol. The Bertz CT molecular complexity index is 305. The zero-order valence-electron chi connectivity index (χ0n) is 7.66. The summed E-state index contributed by atoms with van der Waals surface area (Å²) >= 11 is 0. The third kappa shape index (κ3) is 2.06. The minimum absolute atomic E-state index is 0.391. The molecule has 0 spiro atoms. The molecule has 0 bridgehead atoms. The molecule has 5 nitrogen and oxygen atoms in total. The van der Waals surface area contributed by atoms with Gasteiger partial charge >= 0.3 is 6.03 Å². The van der Waals surface area contributed by atoms with Crippen LogP contribution in [0.25, 0.3) is 0 Å². The van der Waals surface area contributed by atoms with Crippen molar-refractivity contribution in [3.05, 3.63) is 17.5 Å². The first kappa shape index (κ1) is 9.73. The van der Waals surface area contributed by atoms with Crippen LogP contribution in [0.1, 0.15) is 24.6 Å². The van der Waals surface area contributed by atoms with E-state index in [1.807, 2.05) is 6.92 Å². The van der Waals surface area contributed by atoms with Gasteiger partial charge in [-0.15, -0.1) is 0 Å². The molecular weight excluding hydrogens is 168 g/mol. The van der Waals surface area contributed by atoms with E-state index in [-0.39, 0.29) is 0 Å². The summed E-state index contributed by atoms with van der Waals surface area (Å²) in [5, 5.41) is 4.03. The molecule has 0 fully saturated rings. The molecule has 13 heavy (non-hydrogen) atoms. The lowest BCUT2D eigenvalue weighted by atomic mass is 10.2. The van der Waals surface area contributed by atoms with E-state index in [2.05, 4.69) is 5.10 Å². The first-order chi connectivity index (χ1) is 6.19. The second-order valence-electron chi connectivity index (χ2n) is 2.84. The maximum Gasteiger partial charge on any atom is 0.339 e. The highest BCUT2D eigenvalue weighted by Gasteiger charge is 2.08. The van der Waals surface area contributed by atoms with E-state index in [0.29, 0.717) is 6.54 Å². The van der Waals surface area contributed by atoms with Crippen molar-refractivity contribution in [3.63, 3.8) is 0 Å². The predicted molar refractivity (Wildman–Crippen MR) is 49.1 cm³/mol. The number of carbonyl (C=O) groups is 1. The maximum atomic E-state index is 10.8. The highest BCUT2D eigenvalue weighted by molar-refractivity contribution is 5.73. The van der Waals surface area contributed by atoms with Crippen molar-refractivity contribution < 1.29 is 4.79 Å². The van der Waals surface area contributed by atoms with Gasteiger partial charge in [-0.2, -0.15) is 9.78 Å². The largest absolute Gasteiger partial charge is 0.350 e. The van der Waals surface area contributed by atoms with Crippen LogP contribution in [0.15, 0.2) is 6.20 Å². The standard InChI is InChI=1S/C8H14N4O/c1-2-3-7-6(4-9)5-12(11-7)8(10)13/h5H,2-4,9H2,1H3,(H2,10,13). The Labute approximate surface area is 76.7 Å². The van der Waals surface area contributed by atoms with Gasteiger partial charge in [0.05, 0.1) is 5.69 Å². The number of rotatable bonds is 3. The lowest BCUT2D eigenvalue weighted by molar-refractivity contribution is 0.247. The summed E-state index contributed by atoms with van der Waals surface area (Å²) in [6.45, 7) is 2.44. The van der Waals surface area contributed by atoms with E-state index >= 15 is 0 Å². The second kappa shape index (κ2) is 4.04. The van der Waals surface area contributed by atoms with Gasteiger partial charge in [0.25, 0.3) is 0 Å². The van der Waals surface area contributed by atoms with E-state index in [1.54, 1.807) is 6.20 Å². The van der Waals surface area contributed by atoms with Gasteiger partial charge in [-0.25, -0.2) is 4.79 Å². The minimum Gasteiger partial charge on any atom is -0.350 e. The third-order valence-electron chi connectivity index (χ3n) is 1.81. The van der Waals surface area contributed by atoms with Crippen molar-refractivity contribution in [1.29, 1.82) is 0 Å². The smallest absolute Gasteiger partial charge is 0.339 e. The number of carbonyl (C=O) groups excluding carboxylic acids is 1. The van der Waals surface area contributed by atoms with Gasteiger partial charge in [0.1, 0.15) is 0 Å². The van der Waals surface area contributed by atoms with E-state index in [9.17, 15) is 4.79 Å². The number of primary amides is 1. The van der Waals surface area contributed by atoms with E-state index < -0.39 is 6.03 Å². The molecule has 0 aliphatic heterocycles. The third-order valence-corrected chi connectivity index (χ3v) is 1.81. The van der Waals surface area contributed by atoms with Crippen molar-refractivity contribution >= 4 is 6.03 Å². The molecule has 0 aromatic carbocycles. The summed E-state index contributed by atoms with van der Waals surface area (Å²) < 4.78 is 1.13. The van der Waals surface area contributed by atoms with Gasteiger partial charge in [0.2, 0.25) is 0 Å². The molecule has 0 aliphatic rings. The molecule has 1 aromatic heterocycles. The highest BCUT2D eigenvalue weighted by atomic mass is 16.2. The molecule has 1 amide bonds. The van der Waals surface area contributed by atoms with Gasteiger partial charge in [-0.05, 0) is 6.42 Å². The van der Waals surface area contributed by atoms with Crippen LogP contribution in [-0.2, 0) is 13.0 Å². The number of amides is 1. The highest BCUT2D eigenvalue weighted by Crippen LogP contribution is 2.07. The summed E-state index contributed by atoms with van der Waals surface area (Å²) in [6.07, 6.45) is 3.39.